The second-order valence-electron chi connectivity index (χ2n) is 7.73. The van der Waals surface area contributed by atoms with Gasteiger partial charge in [0.1, 0.15) is 0 Å². The predicted octanol–water partition coefficient (Wildman–Crippen LogP) is 6.33. The van der Waals surface area contributed by atoms with Crippen LogP contribution < -0.4 is 5.32 Å². The van der Waals surface area contributed by atoms with Gasteiger partial charge in [0.15, 0.2) is 0 Å². The van der Waals surface area contributed by atoms with Crippen LogP contribution in [0, 0.1) is 6.92 Å². The Kier molecular flexibility index (Phi) is 5.29. The molecule has 32 heavy (non-hydrogen) atoms. The highest BCUT2D eigenvalue weighted by Gasteiger charge is 2.13. The molecule has 0 fully saturated rings. The Morgan fingerprint density at radius 3 is 2.53 bits per heavy atom. The minimum atomic E-state index is -0.151. The first-order valence-corrected chi connectivity index (χ1v) is 11.3. The molecule has 0 bridgehead atoms. The van der Waals surface area contributed by atoms with Crippen LogP contribution in [0.25, 0.3) is 22.3 Å². The molecule has 1 unspecified atom stereocenters. The summed E-state index contributed by atoms with van der Waals surface area (Å²) in [5.74, 6) is -0.151. The SMILES string of the molecule is Cc1nc(-c2ccc(C(=O)Nc3ccc4c(c3)ncn4C(C)c3ccccc3)cc2)cs1. The summed E-state index contributed by atoms with van der Waals surface area (Å²) in [6.45, 7) is 4.14. The average Bonchev–Trinajstić information content (AvgIpc) is 3.45. The van der Waals surface area contributed by atoms with Crippen LogP contribution in [-0.4, -0.2) is 20.4 Å². The lowest BCUT2D eigenvalue weighted by Crippen LogP contribution is -2.11. The van der Waals surface area contributed by atoms with Crippen LogP contribution in [0.2, 0.25) is 0 Å². The molecule has 5 aromatic rings. The number of benzene rings is 3. The number of imidazole rings is 1. The van der Waals surface area contributed by atoms with E-state index >= 15 is 0 Å². The van der Waals surface area contributed by atoms with Crippen LogP contribution in [0.1, 0.15) is 33.9 Å². The van der Waals surface area contributed by atoms with E-state index in [0.29, 0.717) is 5.56 Å². The molecule has 0 radical (unpaired) electrons. The summed E-state index contributed by atoms with van der Waals surface area (Å²) in [7, 11) is 0. The monoisotopic (exact) mass is 438 g/mol. The molecule has 0 saturated heterocycles. The minimum Gasteiger partial charge on any atom is -0.323 e. The fourth-order valence-electron chi connectivity index (χ4n) is 3.80. The van der Waals surface area contributed by atoms with Crippen LogP contribution >= 0.6 is 11.3 Å². The molecule has 5 rings (SSSR count). The third kappa shape index (κ3) is 3.92. The number of fused-ring (bicyclic) bond motifs is 1. The molecule has 0 saturated carbocycles. The normalized spacial score (nSPS) is 12.1. The second kappa shape index (κ2) is 8.40. The Labute approximate surface area is 190 Å². The summed E-state index contributed by atoms with van der Waals surface area (Å²) in [6.07, 6.45) is 1.85. The molecule has 2 heterocycles. The van der Waals surface area contributed by atoms with E-state index in [4.69, 9.17) is 0 Å². The number of rotatable bonds is 5. The number of thiazole rings is 1. The van der Waals surface area contributed by atoms with Gasteiger partial charge in [-0.05, 0) is 49.7 Å². The minimum absolute atomic E-state index is 0.151. The van der Waals surface area contributed by atoms with Gasteiger partial charge >= 0.3 is 0 Å². The highest BCUT2D eigenvalue weighted by atomic mass is 32.1. The quantitative estimate of drug-likeness (QED) is 0.349. The first-order valence-electron chi connectivity index (χ1n) is 10.4. The number of anilines is 1. The fraction of sp³-hybridized carbons (Fsp3) is 0.115. The van der Waals surface area contributed by atoms with E-state index in [0.717, 1.165) is 33.0 Å². The molecule has 0 aliphatic rings. The van der Waals surface area contributed by atoms with E-state index in [9.17, 15) is 4.79 Å². The molecular formula is C26H22N4OS. The topological polar surface area (TPSA) is 59.8 Å². The number of aryl methyl sites for hydroxylation is 1. The zero-order valence-corrected chi connectivity index (χ0v) is 18.6. The van der Waals surface area contributed by atoms with Crippen LogP contribution in [0.5, 0.6) is 0 Å². The van der Waals surface area contributed by atoms with E-state index in [1.165, 1.54) is 5.56 Å². The molecule has 0 spiro atoms. The van der Waals surface area contributed by atoms with Gasteiger partial charge in [0.25, 0.3) is 5.91 Å². The lowest BCUT2D eigenvalue weighted by atomic mass is 10.1. The van der Waals surface area contributed by atoms with Gasteiger partial charge in [-0.1, -0.05) is 42.5 Å². The molecule has 5 nitrogen and oxygen atoms in total. The smallest absolute Gasteiger partial charge is 0.255 e. The number of aromatic nitrogens is 3. The van der Waals surface area contributed by atoms with Crippen molar-refractivity contribution in [2.24, 2.45) is 0 Å². The van der Waals surface area contributed by atoms with Crippen molar-refractivity contribution in [1.29, 1.82) is 0 Å². The average molecular weight is 439 g/mol. The molecule has 0 aliphatic heterocycles. The fourth-order valence-corrected chi connectivity index (χ4v) is 4.42. The molecule has 1 amide bonds. The van der Waals surface area contributed by atoms with Crippen LogP contribution in [0.3, 0.4) is 0 Å². The van der Waals surface area contributed by atoms with E-state index in [1.54, 1.807) is 11.3 Å². The van der Waals surface area contributed by atoms with Gasteiger partial charge in [-0.25, -0.2) is 9.97 Å². The van der Waals surface area contributed by atoms with Gasteiger partial charge in [-0.2, -0.15) is 0 Å². The predicted molar refractivity (Wildman–Crippen MR) is 130 cm³/mol. The maximum absolute atomic E-state index is 12.8. The van der Waals surface area contributed by atoms with Crippen molar-refractivity contribution < 1.29 is 4.79 Å². The standard InChI is InChI=1S/C26H22N4OS/c1-17(19-6-4-3-5-7-19)30-16-27-23-14-22(12-13-25(23)30)29-26(31)21-10-8-20(9-11-21)24-15-32-18(2)28-24/h3-17H,1-2H3,(H,29,31). The Hall–Kier alpha value is -3.77. The highest BCUT2D eigenvalue weighted by molar-refractivity contribution is 7.09. The molecule has 1 N–H and O–H groups in total. The zero-order chi connectivity index (χ0) is 22.1. The van der Waals surface area contributed by atoms with Gasteiger partial charge in [0.2, 0.25) is 0 Å². The Balaban J connectivity index is 1.34. The van der Waals surface area contributed by atoms with Crippen molar-refractivity contribution in [1.82, 2.24) is 14.5 Å². The van der Waals surface area contributed by atoms with Gasteiger partial charge in [-0.3, -0.25) is 4.79 Å². The first-order chi connectivity index (χ1) is 15.6. The van der Waals surface area contributed by atoms with Crippen molar-refractivity contribution in [2.75, 3.05) is 5.32 Å². The van der Waals surface area contributed by atoms with Gasteiger partial charge < -0.3 is 9.88 Å². The molecule has 3 aromatic carbocycles. The van der Waals surface area contributed by atoms with Gasteiger partial charge in [-0.15, -0.1) is 11.3 Å². The Bertz CT molecular complexity index is 1390. The van der Waals surface area contributed by atoms with Crippen molar-refractivity contribution in [3.63, 3.8) is 0 Å². The number of hydrogen-bond donors (Lipinski definition) is 1. The van der Waals surface area contributed by atoms with Crippen molar-refractivity contribution in [2.45, 2.75) is 19.9 Å². The third-order valence-electron chi connectivity index (χ3n) is 5.59. The van der Waals surface area contributed by atoms with Crippen LogP contribution in [0.15, 0.2) is 84.5 Å². The molecule has 2 aromatic heterocycles. The van der Waals surface area contributed by atoms with Crippen molar-refractivity contribution >= 4 is 34.0 Å². The summed E-state index contributed by atoms with van der Waals surface area (Å²) in [5, 5.41) is 6.03. The van der Waals surface area contributed by atoms with Crippen molar-refractivity contribution in [3.05, 3.63) is 101 Å². The summed E-state index contributed by atoms with van der Waals surface area (Å²) in [6, 6.07) is 23.9. The number of carbonyl (C=O) groups excluding carboxylic acids is 1. The van der Waals surface area contributed by atoms with Gasteiger partial charge in [0, 0.05) is 22.2 Å². The lowest BCUT2D eigenvalue weighted by Gasteiger charge is -2.15. The molecule has 0 aliphatic carbocycles. The summed E-state index contributed by atoms with van der Waals surface area (Å²) >= 11 is 1.62. The van der Waals surface area contributed by atoms with E-state index in [1.807, 2.05) is 79.3 Å². The van der Waals surface area contributed by atoms with E-state index in [-0.39, 0.29) is 11.9 Å². The van der Waals surface area contributed by atoms with E-state index < -0.39 is 0 Å². The lowest BCUT2D eigenvalue weighted by molar-refractivity contribution is 0.102. The molecule has 6 heteroatoms. The molecule has 1 atom stereocenters. The molecular weight excluding hydrogens is 416 g/mol. The zero-order valence-electron chi connectivity index (χ0n) is 17.8. The van der Waals surface area contributed by atoms with Crippen LogP contribution in [0.4, 0.5) is 5.69 Å². The number of hydrogen-bond acceptors (Lipinski definition) is 4. The number of nitrogens with zero attached hydrogens (tertiary/aromatic N) is 3. The summed E-state index contributed by atoms with van der Waals surface area (Å²) in [5.41, 5.74) is 6.36. The maximum Gasteiger partial charge on any atom is 0.255 e. The van der Waals surface area contributed by atoms with E-state index in [2.05, 4.69) is 38.9 Å². The highest BCUT2D eigenvalue weighted by Crippen LogP contribution is 2.26. The summed E-state index contributed by atoms with van der Waals surface area (Å²) < 4.78 is 2.15. The van der Waals surface area contributed by atoms with Crippen LogP contribution in [-0.2, 0) is 0 Å². The Morgan fingerprint density at radius 1 is 1.03 bits per heavy atom. The van der Waals surface area contributed by atoms with Crippen molar-refractivity contribution in [3.8, 4) is 11.3 Å². The number of carbonyl (C=O) groups is 1. The second-order valence-corrected chi connectivity index (χ2v) is 8.79. The first kappa shape index (κ1) is 20.2. The van der Waals surface area contributed by atoms with Gasteiger partial charge in [0.05, 0.1) is 34.1 Å². The third-order valence-corrected chi connectivity index (χ3v) is 6.37. The largest absolute Gasteiger partial charge is 0.323 e. The summed E-state index contributed by atoms with van der Waals surface area (Å²) in [4.78, 5) is 21.8. The number of nitrogens with one attached hydrogen (secondary N) is 1. The Morgan fingerprint density at radius 2 is 1.81 bits per heavy atom. The molecule has 158 valence electrons. The maximum atomic E-state index is 12.8. The number of amides is 1.